The van der Waals surface area contributed by atoms with Crippen LogP contribution >= 0.6 is 0 Å². The summed E-state index contributed by atoms with van der Waals surface area (Å²) in [5.41, 5.74) is 1.25. The number of benzene rings is 1. The molecule has 0 unspecified atom stereocenters. The fourth-order valence-corrected chi connectivity index (χ4v) is 1.73. The highest BCUT2D eigenvalue weighted by Crippen LogP contribution is 2.18. The van der Waals surface area contributed by atoms with Gasteiger partial charge in [-0.05, 0) is 12.1 Å². The number of rotatable bonds is 0. The lowest BCUT2D eigenvalue weighted by Crippen LogP contribution is -2.17. The normalized spacial score (nSPS) is 11.1. The monoisotopic (exact) mass is 227 g/mol. The molecule has 0 bridgehead atoms. The summed E-state index contributed by atoms with van der Waals surface area (Å²) in [7, 11) is 1.57. The van der Waals surface area contributed by atoms with E-state index in [2.05, 4.69) is 21.1 Å². The van der Waals surface area contributed by atoms with Crippen LogP contribution in [0.1, 0.15) is 0 Å². The largest absolute Gasteiger partial charge is 0.489 e. The molecule has 1 aromatic carbocycles. The molecule has 0 fully saturated rings. The van der Waals surface area contributed by atoms with Crippen LogP contribution in [0.3, 0.4) is 0 Å². The van der Waals surface area contributed by atoms with Gasteiger partial charge < -0.3 is 9.67 Å². The molecule has 17 heavy (non-hydrogen) atoms. The first kappa shape index (κ1) is 9.71. The third kappa shape index (κ3) is 1.34. The molecule has 1 N–H and O–H groups in total. The molecule has 3 rings (SSSR count). The predicted octanol–water partition coefficient (Wildman–Crippen LogP) is 0.382. The molecule has 0 saturated carbocycles. The van der Waals surface area contributed by atoms with Crippen LogP contribution in [0.15, 0.2) is 23.3 Å². The Morgan fingerprint density at radius 3 is 3.00 bits per heavy atom. The first-order valence-corrected chi connectivity index (χ1v) is 4.89. The van der Waals surface area contributed by atoms with E-state index in [1.54, 1.807) is 19.2 Å². The Hall–Kier alpha value is -2.50. The van der Waals surface area contributed by atoms with Gasteiger partial charge in [-0.1, -0.05) is 0 Å². The van der Waals surface area contributed by atoms with Crippen LogP contribution in [-0.2, 0) is 7.05 Å². The molecule has 0 aliphatic carbocycles. The van der Waals surface area contributed by atoms with Crippen LogP contribution in [0.4, 0.5) is 0 Å². The highest BCUT2D eigenvalue weighted by molar-refractivity contribution is 5.92. The Bertz CT molecular complexity index is 794. The predicted molar refractivity (Wildman–Crippen MR) is 60.6 cm³/mol. The van der Waals surface area contributed by atoms with Crippen LogP contribution in [0, 0.1) is 6.20 Å². The molecule has 0 spiro atoms. The van der Waals surface area contributed by atoms with Gasteiger partial charge in [0.25, 0.3) is 5.88 Å². The molecule has 83 valence electrons. The van der Waals surface area contributed by atoms with Gasteiger partial charge in [0.05, 0.1) is 16.6 Å². The minimum atomic E-state index is -0.533. The van der Waals surface area contributed by atoms with Crippen molar-refractivity contribution in [3.05, 3.63) is 35.0 Å². The van der Waals surface area contributed by atoms with Gasteiger partial charge in [-0.2, -0.15) is 0 Å². The minimum absolute atomic E-state index is 0.503. The van der Waals surface area contributed by atoms with Crippen molar-refractivity contribution in [3.8, 4) is 5.88 Å². The Balaban J connectivity index is 2.57. The number of aromatic hydroxyl groups is 1. The van der Waals surface area contributed by atoms with Crippen molar-refractivity contribution in [1.29, 1.82) is 0 Å². The first-order valence-electron chi connectivity index (χ1n) is 4.89. The Morgan fingerprint density at radius 1 is 1.35 bits per heavy atom. The van der Waals surface area contributed by atoms with E-state index >= 15 is 0 Å². The quantitative estimate of drug-likeness (QED) is 0.561. The van der Waals surface area contributed by atoms with Gasteiger partial charge in [0, 0.05) is 12.4 Å². The van der Waals surface area contributed by atoms with Crippen molar-refractivity contribution in [2.24, 2.45) is 7.05 Å². The van der Waals surface area contributed by atoms with Crippen LogP contribution < -0.4 is 5.56 Å². The van der Waals surface area contributed by atoms with E-state index in [-0.39, 0.29) is 0 Å². The second kappa shape index (κ2) is 3.24. The number of aryl methyl sites for hydroxylation is 1. The van der Waals surface area contributed by atoms with Crippen molar-refractivity contribution >= 4 is 21.9 Å². The SMILES string of the molecule is Cn1c(=O)c(O)nc2cc3[c]ncnc3cc21. The maximum atomic E-state index is 11.5. The van der Waals surface area contributed by atoms with E-state index in [0.29, 0.717) is 21.9 Å². The summed E-state index contributed by atoms with van der Waals surface area (Å²) in [6.07, 6.45) is 4.16. The summed E-state index contributed by atoms with van der Waals surface area (Å²) in [6, 6.07) is 3.40. The lowest BCUT2D eigenvalue weighted by molar-refractivity contribution is 0.442. The van der Waals surface area contributed by atoms with Crippen molar-refractivity contribution in [2.75, 3.05) is 0 Å². The molecule has 0 aliphatic rings. The fourth-order valence-electron chi connectivity index (χ4n) is 1.73. The van der Waals surface area contributed by atoms with E-state index < -0.39 is 11.4 Å². The molecule has 6 nitrogen and oxygen atoms in total. The lowest BCUT2D eigenvalue weighted by atomic mass is 10.2. The second-order valence-electron chi connectivity index (χ2n) is 3.64. The smallest absolute Gasteiger partial charge is 0.313 e. The number of hydrogen-bond donors (Lipinski definition) is 1. The molecule has 6 heteroatoms. The third-order valence-corrected chi connectivity index (χ3v) is 2.62. The number of nitrogens with zero attached hydrogens (tertiary/aromatic N) is 4. The average molecular weight is 227 g/mol. The maximum absolute atomic E-state index is 11.5. The molecule has 0 saturated heterocycles. The van der Waals surface area contributed by atoms with Gasteiger partial charge in [-0.3, -0.25) is 4.79 Å². The Morgan fingerprint density at radius 2 is 2.18 bits per heavy atom. The maximum Gasteiger partial charge on any atom is 0.313 e. The van der Waals surface area contributed by atoms with E-state index in [4.69, 9.17) is 0 Å². The first-order chi connectivity index (χ1) is 8.16. The summed E-state index contributed by atoms with van der Waals surface area (Å²) in [4.78, 5) is 23.2. The van der Waals surface area contributed by atoms with Gasteiger partial charge >= 0.3 is 5.56 Å². The third-order valence-electron chi connectivity index (χ3n) is 2.62. The summed E-state index contributed by atoms with van der Waals surface area (Å²) in [6.45, 7) is 0. The Labute approximate surface area is 95.2 Å². The molecule has 2 aromatic heterocycles. The molecular formula is C11H7N4O2. The molecule has 1 radical (unpaired) electrons. The molecule has 0 aliphatic heterocycles. The summed E-state index contributed by atoms with van der Waals surface area (Å²) in [5.74, 6) is -0.517. The summed E-state index contributed by atoms with van der Waals surface area (Å²) in [5, 5.41) is 10.1. The number of fused-ring (bicyclic) bond motifs is 2. The zero-order valence-corrected chi connectivity index (χ0v) is 8.88. The minimum Gasteiger partial charge on any atom is -0.489 e. The highest BCUT2D eigenvalue weighted by Gasteiger charge is 2.08. The lowest BCUT2D eigenvalue weighted by Gasteiger charge is -2.05. The van der Waals surface area contributed by atoms with Gasteiger partial charge in [0.15, 0.2) is 0 Å². The zero-order valence-electron chi connectivity index (χ0n) is 8.88. The van der Waals surface area contributed by atoms with Crippen molar-refractivity contribution < 1.29 is 5.11 Å². The number of aromatic nitrogens is 4. The standard InChI is InChI=1S/C11H7N4O2/c1-15-9-3-7-6(4-12-5-13-7)2-8(9)14-10(16)11(15)17/h2-3,5H,1H3,(H,14,16). The van der Waals surface area contributed by atoms with Crippen LogP contribution in [-0.4, -0.2) is 24.6 Å². The van der Waals surface area contributed by atoms with Crippen LogP contribution in [0.25, 0.3) is 21.9 Å². The van der Waals surface area contributed by atoms with E-state index in [9.17, 15) is 9.90 Å². The molecular weight excluding hydrogens is 220 g/mol. The van der Waals surface area contributed by atoms with E-state index in [0.717, 1.165) is 0 Å². The molecule has 3 aromatic rings. The highest BCUT2D eigenvalue weighted by atomic mass is 16.3. The van der Waals surface area contributed by atoms with Crippen molar-refractivity contribution in [1.82, 2.24) is 19.5 Å². The van der Waals surface area contributed by atoms with Gasteiger partial charge in [-0.25, -0.2) is 15.0 Å². The Kier molecular flexibility index (Phi) is 1.85. The van der Waals surface area contributed by atoms with Gasteiger partial charge in [0.1, 0.15) is 12.5 Å². The molecule has 0 amide bonds. The van der Waals surface area contributed by atoms with Gasteiger partial charge in [0.2, 0.25) is 0 Å². The van der Waals surface area contributed by atoms with E-state index in [1.165, 1.54) is 10.9 Å². The fraction of sp³-hybridized carbons (Fsp3) is 0.0909. The van der Waals surface area contributed by atoms with E-state index in [1.807, 2.05) is 0 Å². The van der Waals surface area contributed by atoms with Crippen molar-refractivity contribution in [2.45, 2.75) is 0 Å². The molecule has 2 heterocycles. The molecule has 0 atom stereocenters. The average Bonchev–Trinajstić information content (AvgIpc) is 2.34. The second-order valence-corrected chi connectivity index (χ2v) is 3.64. The zero-order chi connectivity index (χ0) is 12.0. The van der Waals surface area contributed by atoms with Crippen LogP contribution in [0.5, 0.6) is 5.88 Å². The van der Waals surface area contributed by atoms with Crippen molar-refractivity contribution in [3.63, 3.8) is 0 Å². The van der Waals surface area contributed by atoms with Gasteiger partial charge in [-0.15, -0.1) is 0 Å². The topological polar surface area (TPSA) is 80.9 Å². The van der Waals surface area contributed by atoms with Crippen LogP contribution in [0.2, 0.25) is 0 Å². The summed E-state index contributed by atoms with van der Waals surface area (Å²) < 4.78 is 1.33. The number of hydrogen-bond acceptors (Lipinski definition) is 5. The summed E-state index contributed by atoms with van der Waals surface area (Å²) >= 11 is 0.